The van der Waals surface area contributed by atoms with Crippen molar-refractivity contribution in [3.8, 4) is 0 Å². The topological polar surface area (TPSA) is 123 Å². The van der Waals surface area contributed by atoms with Crippen LogP contribution in [-0.4, -0.2) is 48.6 Å². The van der Waals surface area contributed by atoms with Gasteiger partial charge in [-0.3, -0.25) is 0 Å². The molecular weight excluding hydrogens is 367 g/mol. The van der Waals surface area contributed by atoms with Crippen LogP contribution in [-0.2, 0) is 57.2 Å². The van der Waals surface area contributed by atoms with Crippen molar-refractivity contribution in [2.75, 3.05) is 24.6 Å². The summed E-state index contributed by atoms with van der Waals surface area (Å²) in [6.45, 7) is 0.336. The van der Waals surface area contributed by atoms with E-state index in [1.807, 2.05) is 0 Å². The van der Waals surface area contributed by atoms with Crippen molar-refractivity contribution in [1.29, 1.82) is 0 Å². The quantitative estimate of drug-likeness (QED) is 0.321. The molecule has 0 radical (unpaired) electrons. The molecule has 0 bridgehead atoms. The first kappa shape index (κ1) is 20.3. The van der Waals surface area contributed by atoms with Crippen LogP contribution < -0.4 is 15.5 Å². The van der Waals surface area contributed by atoms with E-state index in [1.165, 1.54) is 0 Å². The van der Waals surface area contributed by atoms with Crippen LogP contribution in [0.15, 0.2) is 0 Å². The molecule has 104 valence electrons. The second kappa shape index (κ2) is 13.4. The van der Waals surface area contributed by atoms with E-state index < -0.39 is 24.0 Å². The number of nitrogens with zero attached hydrogens (tertiary/aromatic N) is 1. The number of carbonyl (C=O) groups is 2. The van der Waals surface area contributed by atoms with Gasteiger partial charge in [-0.2, -0.15) is 11.5 Å². The summed E-state index contributed by atoms with van der Waals surface area (Å²) in [6, 6.07) is -1.95. The van der Waals surface area contributed by atoms with Crippen molar-refractivity contribution >= 4 is 37.2 Å². The second-order valence-corrected chi connectivity index (χ2v) is 3.57. The molecule has 0 aliphatic carbocycles. The summed E-state index contributed by atoms with van der Waals surface area (Å²) in [6.07, 6.45) is 0. The summed E-state index contributed by atoms with van der Waals surface area (Å²) in [7, 11) is 0. The number of carbonyl (C=O) groups excluding carboxylic acids is 2. The van der Waals surface area contributed by atoms with Gasteiger partial charge in [-0.15, -0.1) is 12.6 Å². The van der Waals surface area contributed by atoms with Gasteiger partial charge in [0.1, 0.15) is 0 Å². The van der Waals surface area contributed by atoms with Crippen molar-refractivity contribution < 1.29 is 45.0 Å². The molecule has 7 nitrogen and oxygen atoms in total. The monoisotopic (exact) mass is 380 g/mol. The van der Waals surface area contributed by atoms with E-state index >= 15 is 0 Å². The first-order valence-electron chi connectivity index (χ1n) is 4.66. The van der Waals surface area contributed by atoms with E-state index in [1.54, 1.807) is 0 Å². The average Bonchev–Trinajstić information content (AvgIpc) is 2.35. The van der Waals surface area contributed by atoms with Crippen LogP contribution in [0.4, 0.5) is 0 Å². The number of carboxylic acids is 2. The molecule has 0 heterocycles. The fourth-order valence-electron chi connectivity index (χ4n) is 0.865. The fraction of sp³-hybridized carbons (Fsp3) is 0.750. The molecule has 2 unspecified atom stereocenters. The van der Waals surface area contributed by atoms with E-state index in [9.17, 15) is 19.8 Å². The summed E-state index contributed by atoms with van der Waals surface area (Å²) in [5.74, 6) is -2.69. The summed E-state index contributed by atoms with van der Waals surface area (Å²) in [5, 5.41) is 27.2. The number of aliphatic carboxylic acids is 2. The SMILES string of the molecule is O=C([O-])C(C[S-])[N-]CCNC(C[S-])C(=O)[O-].[H+].[H+].[O]=[99Tc+3]. The first-order chi connectivity index (χ1) is 8.52. The Kier molecular flexibility index (Phi) is 15.2. The molecule has 0 aromatic heterocycles. The summed E-state index contributed by atoms with van der Waals surface area (Å²) >= 11 is 10.0. The van der Waals surface area contributed by atoms with E-state index in [2.05, 4.69) is 35.9 Å². The number of rotatable bonds is 9. The standard InChI is InChI=1S/C8H15N2O4S2.O.Tc/c11-7(12)5(3-15)9-1-2-10-6(4-16)8(13)14;;/h5-6,9,15-16H,1-4H2,(H,11,12)(H,13,14);;/q-1;;+3/p-2/i;;1+1. The zero-order chi connectivity index (χ0) is 14.6. The van der Waals surface area contributed by atoms with Gasteiger partial charge in [0, 0.05) is 12.0 Å². The van der Waals surface area contributed by atoms with Gasteiger partial charge in [0.25, 0.3) is 0 Å². The number of carboxylic acid groups (broad SMARTS) is 2. The Bertz CT molecular complexity index is 245. The first-order valence-corrected chi connectivity index (χ1v) is 6.57. The van der Waals surface area contributed by atoms with Crippen molar-refractivity contribution in [3.63, 3.8) is 0 Å². The van der Waals surface area contributed by atoms with E-state index in [0.29, 0.717) is 0 Å². The van der Waals surface area contributed by atoms with E-state index in [-0.39, 0.29) is 27.4 Å². The molecule has 0 saturated heterocycles. The normalized spacial score (nSPS) is 12.9. The zero-order valence-electron chi connectivity index (χ0n) is 11.2. The minimum absolute atomic E-state index is 0. The van der Waals surface area contributed by atoms with Gasteiger partial charge in [0.15, 0.2) is 0 Å². The summed E-state index contributed by atoms with van der Waals surface area (Å²) in [4.78, 5) is 20.8. The Morgan fingerprint density at radius 3 is 2.11 bits per heavy atom. The third-order valence-corrected chi connectivity index (χ3v) is 2.38. The van der Waals surface area contributed by atoms with Gasteiger partial charge < -0.3 is 55.7 Å². The van der Waals surface area contributed by atoms with Crippen LogP contribution in [0.1, 0.15) is 2.85 Å². The van der Waals surface area contributed by atoms with Gasteiger partial charge in [-0.25, -0.2) is 0 Å². The fourth-order valence-corrected chi connectivity index (χ4v) is 1.36. The average molecular weight is 380 g/mol. The Morgan fingerprint density at radius 2 is 1.78 bits per heavy atom. The maximum atomic E-state index is 10.4. The molecule has 10 heteroatoms. The van der Waals surface area contributed by atoms with Gasteiger partial charge in [-0.05, 0) is 6.54 Å². The van der Waals surface area contributed by atoms with Crippen molar-refractivity contribution in [3.05, 3.63) is 5.32 Å². The van der Waals surface area contributed by atoms with E-state index in [0.717, 1.165) is 18.9 Å². The van der Waals surface area contributed by atoms with Crippen molar-refractivity contribution in [2.24, 2.45) is 0 Å². The molecule has 2 atom stereocenters. The predicted molar refractivity (Wildman–Crippen MR) is 61.2 cm³/mol. The Labute approximate surface area is 129 Å². The Morgan fingerprint density at radius 1 is 1.22 bits per heavy atom. The van der Waals surface area contributed by atoms with Gasteiger partial charge in [-0.1, -0.05) is 0 Å². The number of hydrogen-bond donors (Lipinski definition) is 1. The third kappa shape index (κ3) is 9.98. The van der Waals surface area contributed by atoms with Crippen molar-refractivity contribution in [2.45, 2.75) is 12.1 Å². The minimum atomic E-state index is -1.32. The number of hydrogen-bond acceptors (Lipinski definition) is 8. The molecule has 0 saturated carbocycles. The van der Waals surface area contributed by atoms with Crippen LogP contribution in [0.2, 0.25) is 0 Å². The molecule has 0 aromatic rings. The molecule has 0 amide bonds. The molecule has 1 N–H and O–H groups in total. The van der Waals surface area contributed by atoms with Crippen LogP contribution in [0.5, 0.6) is 0 Å². The van der Waals surface area contributed by atoms with Gasteiger partial charge in [0.05, 0.1) is 5.97 Å². The second-order valence-electron chi connectivity index (χ2n) is 2.90. The van der Waals surface area contributed by atoms with Crippen molar-refractivity contribution in [1.82, 2.24) is 5.32 Å². The van der Waals surface area contributed by atoms with Crippen LogP contribution in [0.3, 0.4) is 0 Å². The third-order valence-electron chi connectivity index (χ3n) is 1.73. The molecular formula is C8H13N2O5S2Tc. The molecule has 0 spiro atoms. The molecule has 0 fully saturated rings. The van der Waals surface area contributed by atoms with Crippen LogP contribution in [0.25, 0.3) is 5.32 Å². The maximum absolute atomic E-state index is 10.4. The Hall–Kier alpha value is 0.00935. The molecule has 18 heavy (non-hydrogen) atoms. The molecule has 0 aliphatic heterocycles. The zero-order valence-corrected chi connectivity index (χ0v) is 12.7. The summed E-state index contributed by atoms with van der Waals surface area (Å²) in [5.41, 5.74) is 0. The van der Waals surface area contributed by atoms with Crippen LogP contribution in [0, 0.1) is 0 Å². The van der Waals surface area contributed by atoms with Gasteiger partial charge >= 0.3 is 25.2 Å². The van der Waals surface area contributed by atoms with Crippen LogP contribution >= 0.6 is 0 Å². The van der Waals surface area contributed by atoms with Gasteiger partial charge in [0.2, 0.25) is 0 Å². The predicted octanol–water partition coefficient (Wildman–Crippen LogP) is -3.62. The summed E-state index contributed by atoms with van der Waals surface area (Å²) < 4.78 is 8.22. The van der Waals surface area contributed by atoms with E-state index in [4.69, 9.17) is 3.50 Å². The Balaban J connectivity index is -0.000000304. The molecule has 0 aromatic carbocycles. The molecule has 0 aliphatic rings. The molecule has 0 rings (SSSR count). The number of nitrogens with one attached hydrogen (secondary N) is 1.